The molecule has 0 fully saturated rings. The molecule has 0 atom stereocenters. The fraction of sp³-hybridized carbons (Fsp3) is 0.269. The monoisotopic (exact) mass is 437 g/mol. The lowest BCUT2D eigenvalue weighted by Crippen LogP contribution is -2.13. The second-order valence-corrected chi connectivity index (χ2v) is 8.91. The molecule has 162 valence electrons. The van der Waals surface area contributed by atoms with Crippen LogP contribution >= 0.6 is 11.6 Å². The third-order valence-electron chi connectivity index (χ3n) is 5.09. The van der Waals surface area contributed by atoms with Crippen molar-refractivity contribution < 1.29 is 14.3 Å². The number of carbonyl (C=O) groups excluding carboxylic acids is 1. The molecule has 0 aliphatic carbocycles. The number of anilines is 1. The molecule has 0 saturated carbocycles. The molecule has 0 spiro atoms. The maximum Gasteiger partial charge on any atom is 0.255 e. The number of amides is 1. The average Bonchev–Trinajstić information content (AvgIpc) is 2.74. The summed E-state index contributed by atoms with van der Waals surface area (Å²) >= 11 is 6.16. The minimum atomic E-state index is -0.224. The third-order valence-corrected chi connectivity index (χ3v) is 5.49. The van der Waals surface area contributed by atoms with Crippen LogP contribution in [0.1, 0.15) is 47.8 Å². The molecule has 3 aromatic rings. The summed E-state index contributed by atoms with van der Waals surface area (Å²) in [7, 11) is 1.60. The summed E-state index contributed by atoms with van der Waals surface area (Å²) in [6, 6.07) is 18.8. The van der Waals surface area contributed by atoms with E-state index in [0.29, 0.717) is 22.0 Å². The topological polar surface area (TPSA) is 47.6 Å². The highest BCUT2D eigenvalue weighted by molar-refractivity contribution is 6.31. The van der Waals surface area contributed by atoms with Crippen molar-refractivity contribution in [2.24, 2.45) is 0 Å². The van der Waals surface area contributed by atoms with Gasteiger partial charge in [0.2, 0.25) is 0 Å². The zero-order chi connectivity index (χ0) is 22.6. The van der Waals surface area contributed by atoms with E-state index in [9.17, 15) is 4.79 Å². The first-order valence-corrected chi connectivity index (χ1v) is 10.5. The Morgan fingerprint density at radius 3 is 2.32 bits per heavy atom. The molecule has 3 rings (SSSR count). The molecule has 0 aliphatic heterocycles. The van der Waals surface area contributed by atoms with Crippen LogP contribution in [0.4, 0.5) is 5.69 Å². The molecule has 4 nitrogen and oxygen atoms in total. The highest BCUT2D eigenvalue weighted by Gasteiger charge is 2.14. The second-order valence-electron chi connectivity index (χ2n) is 8.51. The standard InChI is InChI=1S/C26H28ClNO3/c1-17-6-10-21(15-23(17)27)28-25(29)18-7-13-24(30-5)19(14-18)16-31-22-11-8-20(9-12-22)26(2,3)4/h6-15H,16H2,1-5H3,(H,28,29). The molecule has 0 aliphatic rings. The van der Waals surface area contributed by atoms with Crippen molar-refractivity contribution in [3.8, 4) is 11.5 Å². The zero-order valence-electron chi connectivity index (χ0n) is 18.6. The summed E-state index contributed by atoms with van der Waals surface area (Å²) < 4.78 is 11.4. The van der Waals surface area contributed by atoms with Gasteiger partial charge in [-0.25, -0.2) is 0 Å². The SMILES string of the molecule is COc1ccc(C(=O)Nc2ccc(C)c(Cl)c2)cc1COc1ccc(C(C)(C)C)cc1. The summed E-state index contributed by atoms with van der Waals surface area (Å²) in [6.45, 7) is 8.73. The van der Waals surface area contributed by atoms with Gasteiger partial charge in [-0.15, -0.1) is 0 Å². The smallest absolute Gasteiger partial charge is 0.255 e. The number of benzene rings is 3. The number of ether oxygens (including phenoxy) is 2. The molecular weight excluding hydrogens is 410 g/mol. The number of nitrogens with one attached hydrogen (secondary N) is 1. The van der Waals surface area contributed by atoms with Crippen LogP contribution in [0.25, 0.3) is 0 Å². The Morgan fingerprint density at radius 2 is 1.71 bits per heavy atom. The average molecular weight is 438 g/mol. The van der Waals surface area contributed by atoms with Crippen molar-refractivity contribution in [3.05, 3.63) is 87.9 Å². The number of hydrogen-bond acceptors (Lipinski definition) is 3. The van der Waals surface area contributed by atoms with Crippen LogP contribution < -0.4 is 14.8 Å². The van der Waals surface area contributed by atoms with Crippen LogP contribution in [0.5, 0.6) is 11.5 Å². The van der Waals surface area contributed by atoms with Gasteiger partial charge in [0.05, 0.1) is 7.11 Å². The van der Waals surface area contributed by atoms with E-state index < -0.39 is 0 Å². The van der Waals surface area contributed by atoms with Gasteiger partial charge in [-0.3, -0.25) is 4.79 Å². The van der Waals surface area contributed by atoms with Crippen LogP contribution in [-0.4, -0.2) is 13.0 Å². The molecule has 0 unspecified atom stereocenters. The summed E-state index contributed by atoms with van der Waals surface area (Å²) in [5.74, 6) is 1.21. The number of halogens is 1. The fourth-order valence-corrected chi connectivity index (χ4v) is 3.30. The quantitative estimate of drug-likeness (QED) is 0.462. The van der Waals surface area contributed by atoms with E-state index >= 15 is 0 Å². The summed E-state index contributed by atoms with van der Waals surface area (Å²) in [5, 5.41) is 3.49. The Morgan fingerprint density at radius 1 is 1.00 bits per heavy atom. The first-order chi connectivity index (χ1) is 14.7. The van der Waals surface area contributed by atoms with E-state index in [1.807, 2.05) is 31.2 Å². The lowest BCUT2D eigenvalue weighted by molar-refractivity contribution is 0.102. The van der Waals surface area contributed by atoms with Gasteiger partial charge >= 0.3 is 0 Å². The third kappa shape index (κ3) is 5.80. The second kappa shape index (κ2) is 9.44. The Hall–Kier alpha value is -2.98. The number of rotatable bonds is 6. The molecular formula is C26H28ClNO3. The Bertz CT molecular complexity index is 1070. The number of hydrogen-bond donors (Lipinski definition) is 1. The number of methoxy groups -OCH3 is 1. The van der Waals surface area contributed by atoms with Crippen LogP contribution in [0.2, 0.25) is 5.02 Å². The van der Waals surface area contributed by atoms with Gasteiger partial charge in [-0.2, -0.15) is 0 Å². The lowest BCUT2D eigenvalue weighted by Gasteiger charge is -2.19. The molecule has 0 aromatic heterocycles. The Balaban J connectivity index is 1.74. The maximum atomic E-state index is 12.7. The van der Waals surface area contributed by atoms with Gasteiger partial charge in [-0.05, 0) is 65.9 Å². The van der Waals surface area contributed by atoms with E-state index in [1.54, 1.807) is 31.4 Å². The minimum absolute atomic E-state index is 0.0884. The first kappa shape index (κ1) is 22.7. The molecule has 3 aromatic carbocycles. The van der Waals surface area contributed by atoms with Gasteiger partial charge in [-0.1, -0.05) is 50.6 Å². The van der Waals surface area contributed by atoms with E-state index in [2.05, 4.69) is 38.2 Å². The van der Waals surface area contributed by atoms with Crippen molar-refractivity contribution in [3.63, 3.8) is 0 Å². The predicted molar refractivity (Wildman–Crippen MR) is 127 cm³/mol. The minimum Gasteiger partial charge on any atom is -0.496 e. The molecule has 31 heavy (non-hydrogen) atoms. The fourth-order valence-electron chi connectivity index (χ4n) is 3.12. The molecule has 0 heterocycles. The Kier molecular flexibility index (Phi) is 6.91. The van der Waals surface area contributed by atoms with Crippen molar-refractivity contribution in [1.29, 1.82) is 0 Å². The van der Waals surface area contributed by atoms with Crippen LogP contribution in [0, 0.1) is 6.92 Å². The maximum absolute atomic E-state index is 12.7. The summed E-state index contributed by atoms with van der Waals surface area (Å²) in [4.78, 5) is 12.7. The molecule has 1 amide bonds. The van der Waals surface area contributed by atoms with Gasteiger partial charge in [0.1, 0.15) is 18.1 Å². The van der Waals surface area contributed by atoms with Gasteiger partial charge in [0.25, 0.3) is 5.91 Å². The first-order valence-electron chi connectivity index (χ1n) is 10.1. The van der Waals surface area contributed by atoms with Crippen molar-refractivity contribution >= 4 is 23.2 Å². The summed E-state index contributed by atoms with van der Waals surface area (Å²) in [5.41, 5.74) is 4.24. The van der Waals surface area contributed by atoms with Gasteiger partial charge in [0.15, 0.2) is 0 Å². The highest BCUT2D eigenvalue weighted by atomic mass is 35.5. The van der Waals surface area contributed by atoms with Crippen molar-refractivity contribution in [2.45, 2.75) is 39.7 Å². The largest absolute Gasteiger partial charge is 0.496 e. The van der Waals surface area contributed by atoms with Crippen molar-refractivity contribution in [2.75, 3.05) is 12.4 Å². The van der Waals surface area contributed by atoms with E-state index in [0.717, 1.165) is 16.9 Å². The zero-order valence-corrected chi connectivity index (χ0v) is 19.3. The highest BCUT2D eigenvalue weighted by Crippen LogP contribution is 2.27. The lowest BCUT2D eigenvalue weighted by atomic mass is 9.87. The van der Waals surface area contributed by atoms with Crippen LogP contribution in [0.3, 0.4) is 0 Å². The molecule has 1 N–H and O–H groups in total. The normalized spacial score (nSPS) is 11.2. The van der Waals surface area contributed by atoms with Crippen molar-refractivity contribution in [1.82, 2.24) is 0 Å². The molecule has 0 radical (unpaired) electrons. The molecule has 5 heteroatoms. The summed E-state index contributed by atoms with van der Waals surface area (Å²) in [6.07, 6.45) is 0. The van der Waals surface area contributed by atoms with Gasteiger partial charge in [0, 0.05) is 21.8 Å². The van der Waals surface area contributed by atoms with Crippen LogP contribution in [-0.2, 0) is 12.0 Å². The molecule has 0 bridgehead atoms. The predicted octanol–water partition coefficient (Wildman–Crippen LogP) is 6.79. The number of aryl methyl sites for hydroxylation is 1. The Labute approximate surface area is 189 Å². The van der Waals surface area contributed by atoms with Gasteiger partial charge < -0.3 is 14.8 Å². The number of carbonyl (C=O) groups is 1. The molecule has 0 saturated heterocycles. The van der Waals surface area contributed by atoms with E-state index in [1.165, 1.54) is 5.56 Å². The van der Waals surface area contributed by atoms with E-state index in [-0.39, 0.29) is 17.9 Å². The van der Waals surface area contributed by atoms with E-state index in [4.69, 9.17) is 21.1 Å². The van der Waals surface area contributed by atoms with Crippen LogP contribution in [0.15, 0.2) is 60.7 Å².